The summed E-state index contributed by atoms with van der Waals surface area (Å²) in [5.74, 6) is -1.73. The van der Waals surface area contributed by atoms with E-state index in [1.165, 1.54) is 0 Å². The van der Waals surface area contributed by atoms with Crippen LogP contribution in [0.2, 0.25) is 0 Å². The second-order valence-corrected chi connectivity index (χ2v) is 6.52. The van der Waals surface area contributed by atoms with Crippen LogP contribution in [0, 0.1) is 16.0 Å². The fraction of sp³-hybridized carbons (Fsp3) is 0.364. The molecule has 0 aromatic heterocycles. The molecule has 0 bridgehead atoms. The van der Waals surface area contributed by atoms with Crippen molar-refractivity contribution in [1.29, 1.82) is 0 Å². The van der Waals surface area contributed by atoms with E-state index in [0.29, 0.717) is 0 Å². The Morgan fingerprint density at radius 1 is 1.43 bits per heavy atom. The number of non-ortho nitro benzene ring substituents is 1. The number of sulfonamides is 1. The molecule has 1 fully saturated rings. The van der Waals surface area contributed by atoms with Crippen molar-refractivity contribution >= 4 is 21.7 Å². The molecule has 21 heavy (non-hydrogen) atoms. The molecule has 0 aliphatic carbocycles. The van der Waals surface area contributed by atoms with Crippen molar-refractivity contribution in [3.8, 4) is 0 Å². The van der Waals surface area contributed by atoms with Gasteiger partial charge in [0.2, 0.25) is 10.0 Å². The SMILES string of the molecule is O=C(O)c1cc([N+](=O)[O-])ccc1S(=O)(=O)N1CC(CO)C1. The van der Waals surface area contributed by atoms with Crippen LogP contribution in [0.25, 0.3) is 0 Å². The van der Waals surface area contributed by atoms with Gasteiger partial charge < -0.3 is 10.2 Å². The van der Waals surface area contributed by atoms with Gasteiger partial charge in [0, 0.05) is 37.7 Å². The highest BCUT2D eigenvalue weighted by molar-refractivity contribution is 7.89. The van der Waals surface area contributed by atoms with E-state index < -0.39 is 37.1 Å². The molecule has 114 valence electrons. The van der Waals surface area contributed by atoms with Crippen LogP contribution in [0.1, 0.15) is 10.4 Å². The van der Waals surface area contributed by atoms with Gasteiger partial charge in [-0.2, -0.15) is 4.31 Å². The van der Waals surface area contributed by atoms with E-state index in [0.717, 1.165) is 22.5 Å². The lowest BCUT2D eigenvalue weighted by Crippen LogP contribution is -2.51. The first-order chi connectivity index (χ1) is 9.77. The van der Waals surface area contributed by atoms with Gasteiger partial charge in [0.05, 0.1) is 15.4 Å². The minimum Gasteiger partial charge on any atom is -0.478 e. The van der Waals surface area contributed by atoms with Gasteiger partial charge in [0.25, 0.3) is 5.69 Å². The third-order valence-electron chi connectivity index (χ3n) is 3.20. The van der Waals surface area contributed by atoms with Crippen LogP contribution in [0.4, 0.5) is 5.69 Å². The largest absolute Gasteiger partial charge is 0.478 e. The number of nitro groups is 1. The fourth-order valence-electron chi connectivity index (χ4n) is 2.00. The average Bonchev–Trinajstić information content (AvgIpc) is 2.36. The highest BCUT2D eigenvalue weighted by atomic mass is 32.2. The second-order valence-electron chi connectivity index (χ2n) is 4.61. The maximum atomic E-state index is 12.3. The number of hydrogen-bond donors (Lipinski definition) is 2. The predicted octanol–water partition coefficient (Wildman–Crippen LogP) is -0.0942. The Labute approximate surface area is 119 Å². The smallest absolute Gasteiger partial charge is 0.337 e. The van der Waals surface area contributed by atoms with Crippen molar-refractivity contribution in [2.75, 3.05) is 19.7 Å². The minimum atomic E-state index is -4.04. The van der Waals surface area contributed by atoms with Crippen molar-refractivity contribution in [2.24, 2.45) is 5.92 Å². The molecule has 0 amide bonds. The normalized spacial score (nSPS) is 16.4. The Hall–Kier alpha value is -2.04. The number of aliphatic hydroxyl groups excluding tert-OH is 1. The fourth-order valence-corrected chi connectivity index (χ4v) is 3.75. The Morgan fingerprint density at radius 2 is 2.05 bits per heavy atom. The molecule has 0 atom stereocenters. The lowest BCUT2D eigenvalue weighted by molar-refractivity contribution is -0.384. The number of carboxylic acid groups (broad SMARTS) is 1. The number of benzene rings is 1. The molecule has 1 aliphatic heterocycles. The lowest BCUT2D eigenvalue weighted by Gasteiger charge is -2.37. The summed E-state index contributed by atoms with van der Waals surface area (Å²) >= 11 is 0. The highest BCUT2D eigenvalue weighted by Gasteiger charge is 2.38. The van der Waals surface area contributed by atoms with E-state index in [2.05, 4.69) is 0 Å². The van der Waals surface area contributed by atoms with Crippen molar-refractivity contribution in [2.45, 2.75) is 4.90 Å². The Balaban J connectivity index is 2.44. The molecule has 1 aliphatic rings. The quantitative estimate of drug-likeness (QED) is 0.571. The predicted molar refractivity (Wildman–Crippen MR) is 69.4 cm³/mol. The number of nitro benzene ring substituents is 1. The van der Waals surface area contributed by atoms with Crippen LogP contribution in [0.15, 0.2) is 23.1 Å². The van der Waals surface area contributed by atoms with Crippen LogP contribution >= 0.6 is 0 Å². The van der Waals surface area contributed by atoms with Gasteiger partial charge in [0.15, 0.2) is 0 Å². The van der Waals surface area contributed by atoms with Gasteiger partial charge in [-0.1, -0.05) is 0 Å². The molecule has 1 saturated heterocycles. The molecule has 2 rings (SSSR count). The van der Waals surface area contributed by atoms with E-state index in [1.54, 1.807) is 0 Å². The van der Waals surface area contributed by atoms with Crippen molar-refractivity contribution in [3.05, 3.63) is 33.9 Å². The molecule has 2 N–H and O–H groups in total. The topological polar surface area (TPSA) is 138 Å². The summed E-state index contributed by atoms with van der Waals surface area (Å²) in [6, 6.07) is 2.59. The first kappa shape index (κ1) is 15.4. The molecule has 1 aromatic carbocycles. The zero-order valence-corrected chi connectivity index (χ0v) is 11.5. The number of carbonyl (C=O) groups is 1. The number of nitrogens with zero attached hydrogens (tertiary/aromatic N) is 2. The third kappa shape index (κ3) is 2.73. The monoisotopic (exact) mass is 316 g/mol. The van der Waals surface area contributed by atoms with E-state index in [-0.39, 0.29) is 25.6 Å². The molecule has 0 spiro atoms. The second kappa shape index (κ2) is 5.39. The summed E-state index contributed by atoms with van der Waals surface area (Å²) in [6.07, 6.45) is 0. The average molecular weight is 316 g/mol. The zero-order valence-electron chi connectivity index (χ0n) is 10.7. The molecule has 1 heterocycles. The maximum absolute atomic E-state index is 12.3. The van der Waals surface area contributed by atoms with E-state index >= 15 is 0 Å². The van der Waals surface area contributed by atoms with Gasteiger partial charge in [-0.25, -0.2) is 13.2 Å². The number of aliphatic hydroxyl groups is 1. The molecule has 0 radical (unpaired) electrons. The number of aromatic carboxylic acids is 1. The van der Waals surface area contributed by atoms with Crippen LogP contribution in [-0.2, 0) is 10.0 Å². The van der Waals surface area contributed by atoms with Gasteiger partial charge in [-0.05, 0) is 6.07 Å². The van der Waals surface area contributed by atoms with E-state index in [9.17, 15) is 23.3 Å². The van der Waals surface area contributed by atoms with E-state index in [4.69, 9.17) is 10.2 Å². The summed E-state index contributed by atoms with van der Waals surface area (Å²) in [4.78, 5) is 20.5. The third-order valence-corrected chi connectivity index (χ3v) is 5.09. The Bertz CT molecular complexity index is 695. The summed E-state index contributed by atoms with van der Waals surface area (Å²) in [6.45, 7) is 0.0296. The Morgan fingerprint density at radius 3 is 2.52 bits per heavy atom. The summed E-state index contributed by atoms with van der Waals surface area (Å²) < 4.78 is 25.6. The highest BCUT2D eigenvalue weighted by Crippen LogP contribution is 2.29. The standard InChI is InChI=1S/C11H12N2O7S/c14-6-7-4-12(5-7)21(19,20)10-2-1-8(13(17)18)3-9(10)11(15)16/h1-3,7,14H,4-6H2,(H,15,16). The Kier molecular flexibility index (Phi) is 3.94. The van der Waals surface area contributed by atoms with E-state index in [1.807, 2.05) is 0 Å². The van der Waals surface area contributed by atoms with Crippen LogP contribution in [-0.4, -0.2) is 53.5 Å². The van der Waals surface area contributed by atoms with Crippen LogP contribution in [0.5, 0.6) is 0 Å². The zero-order chi connectivity index (χ0) is 15.8. The van der Waals surface area contributed by atoms with Crippen LogP contribution < -0.4 is 0 Å². The summed E-state index contributed by atoms with van der Waals surface area (Å²) in [5, 5.41) is 28.6. The first-order valence-corrected chi connectivity index (χ1v) is 7.34. The van der Waals surface area contributed by atoms with Crippen LogP contribution in [0.3, 0.4) is 0 Å². The minimum absolute atomic E-state index is 0.0921. The molecule has 1 aromatic rings. The maximum Gasteiger partial charge on any atom is 0.337 e. The summed E-state index contributed by atoms with van der Waals surface area (Å²) in [7, 11) is -4.04. The number of hydrogen-bond acceptors (Lipinski definition) is 6. The lowest BCUT2D eigenvalue weighted by atomic mass is 10.1. The van der Waals surface area contributed by atoms with Gasteiger partial charge in [0.1, 0.15) is 0 Å². The summed E-state index contributed by atoms with van der Waals surface area (Å²) in [5.41, 5.74) is -1.14. The van der Waals surface area contributed by atoms with Crippen molar-refractivity contribution < 1.29 is 28.3 Å². The molecule has 0 unspecified atom stereocenters. The van der Waals surface area contributed by atoms with Crippen molar-refractivity contribution in [3.63, 3.8) is 0 Å². The molecule has 10 heteroatoms. The van der Waals surface area contributed by atoms with Crippen molar-refractivity contribution in [1.82, 2.24) is 4.31 Å². The van der Waals surface area contributed by atoms with Gasteiger partial charge in [-0.15, -0.1) is 0 Å². The molecule has 0 saturated carbocycles. The van der Waals surface area contributed by atoms with Gasteiger partial charge in [-0.3, -0.25) is 10.1 Å². The molecular weight excluding hydrogens is 304 g/mol. The number of rotatable bonds is 5. The van der Waals surface area contributed by atoms with Gasteiger partial charge >= 0.3 is 5.97 Å². The molecular formula is C11H12N2O7S. The first-order valence-electron chi connectivity index (χ1n) is 5.90. The molecule has 9 nitrogen and oxygen atoms in total. The number of carboxylic acids is 1.